The second kappa shape index (κ2) is 16.5. The van der Waals surface area contributed by atoms with E-state index in [1.807, 2.05) is 6.08 Å². The third-order valence-electron chi connectivity index (χ3n) is 9.21. The minimum atomic E-state index is -1.72. The first kappa shape index (κ1) is 39.6. The van der Waals surface area contributed by atoms with Gasteiger partial charge < -0.3 is 76.8 Å². The normalized spacial score (nSPS) is 37.4. The number of hydrogen-bond donors (Lipinski definition) is 9. The fourth-order valence-electron chi connectivity index (χ4n) is 6.41. The minimum Gasteiger partial charge on any atom is -0.467 e. The van der Waals surface area contributed by atoms with Crippen LogP contribution in [0.5, 0.6) is 0 Å². The number of nitrogens with two attached hydrogens (primary N) is 3. The Morgan fingerprint density at radius 1 is 1.12 bits per heavy atom. The molecule has 4 aliphatic rings. The first-order chi connectivity index (χ1) is 22.9. The zero-order chi connectivity index (χ0) is 36.3. The number of aliphatic hydroxyl groups is 4. The predicted octanol–water partition coefficient (Wildman–Crippen LogP) is -2.30. The molecule has 2 heterocycles. The van der Waals surface area contributed by atoms with Gasteiger partial charge in [-0.15, -0.1) is 0 Å². The lowest BCUT2D eigenvalue weighted by Crippen LogP contribution is -2.70. The van der Waals surface area contributed by atoms with Crippen LogP contribution in [0.15, 0.2) is 11.8 Å². The number of nitrogens with one attached hydrogen (secondary N) is 2. The van der Waals surface area contributed by atoms with E-state index in [0.29, 0.717) is 24.6 Å². The van der Waals surface area contributed by atoms with Crippen LogP contribution in [0.3, 0.4) is 0 Å². The molecule has 12 atom stereocenters. The lowest BCUT2D eigenvalue weighted by molar-refractivity contribution is -0.310. The summed E-state index contributed by atoms with van der Waals surface area (Å²) >= 11 is 0. The van der Waals surface area contributed by atoms with E-state index < -0.39 is 90.5 Å². The molecule has 2 saturated carbocycles. The summed E-state index contributed by atoms with van der Waals surface area (Å²) in [6.45, 7) is 7.52. The van der Waals surface area contributed by atoms with Crippen molar-refractivity contribution in [2.24, 2.45) is 23.1 Å². The monoisotopic (exact) mass is 702 g/mol. The highest BCUT2D eigenvalue weighted by atomic mass is 16.7. The van der Waals surface area contributed by atoms with Crippen molar-refractivity contribution in [1.29, 1.82) is 0 Å². The van der Waals surface area contributed by atoms with Crippen molar-refractivity contribution in [2.45, 2.75) is 138 Å². The molecule has 0 aromatic rings. The van der Waals surface area contributed by atoms with Gasteiger partial charge >= 0.3 is 6.09 Å². The molecule has 0 spiro atoms. The molecule has 282 valence electrons. The summed E-state index contributed by atoms with van der Waals surface area (Å²) < 4.78 is 29.7. The zero-order valence-electron chi connectivity index (χ0n) is 29.2. The Morgan fingerprint density at radius 3 is 2.43 bits per heavy atom. The average Bonchev–Trinajstić information content (AvgIpc) is 3.83. The molecule has 3 fully saturated rings. The number of carbonyl (C=O) groups is 2. The number of ether oxygens (including phenoxy) is 5. The largest absolute Gasteiger partial charge is 0.467 e. The van der Waals surface area contributed by atoms with Crippen LogP contribution in [0.4, 0.5) is 4.79 Å². The Hall–Kier alpha value is -2.16. The van der Waals surface area contributed by atoms with E-state index in [1.54, 1.807) is 20.8 Å². The van der Waals surface area contributed by atoms with Crippen molar-refractivity contribution in [1.82, 2.24) is 15.5 Å². The highest BCUT2D eigenvalue weighted by molar-refractivity contribution is 5.80. The van der Waals surface area contributed by atoms with Gasteiger partial charge in [0.15, 0.2) is 6.29 Å². The lowest BCUT2D eigenvalue weighted by atomic mass is 9.83. The van der Waals surface area contributed by atoms with Crippen molar-refractivity contribution in [3.63, 3.8) is 0 Å². The highest BCUT2D eigenvalue weighted by Crippen LogP contribution is 2.34. The van der Waals surface area contributed by atoms with Crippen molar-refractivity contribution < 1.29 is 53.7 Å². The van der Waals surface area contributed by atoms with Gasteiger partial charge in [0, 0.05) is 13.1 Å². The molecule has 0 radical (unpaired) electrons. The number of nitrogens with zero attached hydrogens (tertiary/aromatic N) is 1. The Bertz CT molecular complexity index is 1150. The van der Waals surface area contributed by atoms with Gasteiger partial charge in [-0.1, -0.05) is 0 Å². The zero-order valence-corrected chi connectivity index (χ0v) is 29.2. The van der Waals surface area contributed by atoms with E-state index in [1.165, 1.54) is 26.8 Å². The van der Waals surface area contributed by atoms with E-state index in [4.69, 9.17) is 40.9 Å². The minimum absolute atomic E-state index is 0.00902. The Morgan fingerprint density at radius 2 is 1.80 bits per heavy atom. The number of amides is 2. The first-order valence-electron chi connectivity index (χ1n) is 17.1. The molecule has 2 amide bonds. The summed E-state index contributed by atoms with van der Waals surface area (Å²) in [5, 5.41) is 50.8. The molecule has 2 aliphatic carbocycles. The van der Waals surface area contributed by atoms with E-state index in [0.717, 1.165) is 11.4 Å². The molecule has 2 aliphatic heterocycles. The van der Waals surface area contributed by atoms with Gasteiger partial charge in [0.1, 0.15) is 47.5 Å². The molecule has 17 nitrogen and oxygen atoms in total. The van der Waals surface area contributed by atoms with Crippen molar-refractivity contribution in [3.05, 3.63) is 11.8 Å². The lowest BCUT2D eigenvalue weighted by Gasteiger charge is -2.50. The quantitative estimate of drug-likeness (QED) is 0.0977. The van der Waals surface area contributed by atoms with Crippen LogP contribution in [0.2, 0.25) is 0 Å². The fourth-order valence-corrected chi connectivity index (χ4v) is 6.41. The van der Waals surface area contributed by atoms with Gasteiger partial charge in [-0.2, -0.15) is 0 Å². The molecule has 4 rings (SSSR count). The maximum Gasteiger partial charge on any atom is 0.410 e. The van der Waals surface area contributed by atoms with Crippen LogP contribution in [0.1, 0.15) is 59.8 Å². The van der Waals surface area contributed by atoms with Crippen molar-refractivity contribution in [3.8, 4) is 0 Å². The second-order valence-corrected chi connectivity index (χ2v) is 15.0. The summed E-state index contributed by atoms with van der Waals surface area (Å²) in [4.78, 5) is 26.9. The molecule has 0 aromatic heterocycles. The van der Waals surface area contributed by atoms with Gasteiger partial charge in [0.2, 0.25) is 12.2 Å². The van der Waals surface area contributed by atoms with E-state index in [9.17, 15) is 30.0 Å². The van der Waals surface area contributed by atoms with Gasteiger partial charge in [-0.25, -0.2) is 4.79 Å². The topological polar surface area (TPSA) is 267 Å². The van der Waals surface area contributed by atoms with Crippen molar-refractivity contribution >= 4 is 12.0 Å². The molecular formula is C32H58N6O11. The maximum atomic E-state index is 13.0. The van der Waals surface area contributed by atoms with E-state index in [-0.39, 0.29) is 26.0 Å². The van der Waals surface area contributed by atoms with Gasteiger partial charge in [-0.3, -0.25) is 4.79 Å². The van der Waals surface area contributed by atoms with Crippen LogP contribution in [-0.4, -0.2) is 149 Å². The summed E-state index contributed by atoms with van der Waals surface area (Å²) in [6, 6.07) is -3.67. The highest BCUT2D eigenvalue weighted by Gasteiger charge is 2.54. The summed E-state index contributed by atoms with van der Waals surface area (Å²) in [5.74, 6) is 0.579. The second-order valence-electron chi connectivity index (χ2n) is 15.0. The SMILES string of the molecule is CN(C(=O)OC(C)(C)C)[C@@H]1[C@@H](O)[C@@H](O[C@@H]2[C@@H](O)[C@H](O[C@H]3OC(CNCC4CC4)=CC[C@H]3N)[C@@H](N)C[C@H]2NC(=O)[C@@H](O)CCN)OC[C@]1(C)O. The first-order valence-corrected chi connectivity index (χ1v) is 17.1. The maximum absolute atomic E-state index is 13.0. The number of rotatable bonds is 13. The molecule has 12 N–H and O–H groups in total. The van der Waals surface area contributed by atoms with Crippen molar-refractivity contribution in [2.75, 3.05) is 33.3 Å². The molecule has 0 aromatic carbocycles. The molecule has 1 saturated heterocycles. The number of hydrogen-bond acceptors (Lipinski definition) is 15. The predicted molar refractivity (Wildman–Crippen MR) is 175 cm³/mol. The van der Waals surface area contributed by atoms with Crippen LogP contribution in [0, 0.1) is 5.92 Å². The Kier molecular flexibility index (Phi) is 13.3. The summed E-state index contributed by atoms with van der Waals surface area (Å²) in [6.07, 6.45) is -5.49. The molecule has 0 unspecified atom stereocenters. The van der Waals surface area contributed by atoms with Gasteiger partial charge in [-0.05, 0) is 84.9 Å². The van der Waals surface area contributed by atoms with Gasteiger partial charge in [0.05, 0.1) is 31.3 Å². The Balaban J connectivity index is 1.53. The molecule has 0 bridgehead atoms. The fraction of sp³-hybridized carbons (Fsp3) is 0.875. The summed E-state index contributed by atoms with van der Waals surface area (Å²) in [5.41, 5.74) is 15.8. The van der Waals surface area contributed by atoms with Gasteiger partial charge in [0.25, 0.3) is 0 Å². The molecular weight excluding hydrogens is 644 g/mol. The van der Waals surface area contributed by atoms with Crippen LogP contribution >= 0.6 is 0 Å². The molecule has 17 heteroatoms. The smallest absolute Gasteiger partial charge is 0.410 e. The van der Waals surface area contributed by atoms with E-state index >= 15 is 0 Å². The van der Waals surface area contributed by atoms with Crippen LogP contribution in [0.25, 0.3) is 0 Å². The number of carbonyl (C=O) groups excluding carboxylic acids is 2. The summed E-state index contributed by atoms with van der Waals surface area (Å²) in [7, 11) is 1.37. The Labute approximate surface area is 287 Å². The van der Waals surface area contributed by atoms with E-state index in [2.05, 4.69) is 10.6 Å². The average molecular weight is 703 g/mol. The standard InChI is InChI=1S/C32H58N6O11/c1-31(2,3)49-30(43)38(5)26-23(41)29(45-15-32(26,4)44)48-25-20(37-27(42)21(39)10-11-33)12-19(35)24(22(25)40)47-28-18(34)9-8-17(46-28)14-36-13-16-6-7-16/h8,16,18-26,28-29,36,39-41,44H,6-7,9-15,33-35H2,1-5H3,(H,37,42)/t18-,19+,20-,21+,22+,23-,24-,25+,26-,28-,29-,32+/m1/s1. The number of aliphatic hydroxyl groups excluding tert-OH is 3. The van der Waals surface area contributed by atoms with Crippen LogP contribution in [-0.2, 0) is 28.5 Å². The third kappa shape index (κ3) is 10.4. The molecule has 49 heavy (non-hydrogen) atoms. The number of likely N-dealkylation sites (N-methyl/N-ethyl adjacent to an activating group) is 1. The third-order valence-corrected chi connectivity index (χ3v) is 9.21. The van der Waals surface area contributed by atoms with Crippen LogP contribution < -0.4 is 27.8 Å².